The van der Waals surface area contributed by atoms with Crippen LogP contribution in [-0.4, -0.2) is 17.5 Å². The van der Waals surface area contributed by atoms with Crippen molar-refractivity contribution in [3.05, 3.63) is 23.8 Å². The molecule has 0 aliphatic carbocycles. The number of halogens is 1. The molecule has 0 amide bonds. The van der Waals surface area contributed by atoms with Crippen LogP contribution >= 0.6 is 11.6 Å². The van der Waals surface area contributed by atoms with E-state index in [9.17, 15) is 4.79 Å². The maximum Gasteiger partial charge on any atom is 0.331 e. The molecule has 0 saturated carbocycles. The van der Waals surface area contributed by atoms with Crippen LogP contribution in [0.25, 0.3) is 0 Å². The van der Waals surface area contributed by atoms with E-state index < -0.39 is 0 Å². The lowest BCUT2D eigenvalue weighted by Crippen LogP contribution is -2.11. The normalized spacial score (nSPS) is 14.3. The Morgan fingerprint density at radius 3 is 2.57 bits per heavy atom. The molecule has 3 heteroatoms. The first-order chi connectivity index (χ1) is 10.7. The number of allylic oxidation sites excluding steroid dienone is 3. The van der Waals surface area contributed by atoms with Gasteiger partial charge in [0.05, 0.1) is 6.61 Å². The highest BCUT2D eigenvalue weighted by Gasteiger charge is 2.14. The van der Waals surface area contributed by atoms with Crippen molar-refractivity contribution >= 4 is 17.6 Å². The van der Waals surface area contributed by atoms with Gasteiger partial charge in [-0.2, -0.15) is 0 Å². The van der Waals surface area contributed by atoms with Gasteiger partial charge in [-0.15, -0.1) is 11.6 Å². The molecule has 0 bridgehead atoms. The highest BCUT2D eigenvalue weighted by Crippen LogP contribution is 2.23. The molecular formula is C20H35ClO2. The average molecular weight is 343 g/mol. The molecule has 0 N–H and O–H groups in total. The molecule has 0 spiro atoms. The molecule has 0 fully saturated rings. The van der Waals surface area contributed by atoms with Crippen molar-refractivity contribution in [3.8, 4) is 0 Å². The van der Waals surface area contributed by atoms with Gasteiger partial charge < -0.3 is 4.74 Å². The number of unbranched alkanes of at least 4 members (excludes halogenated alkanes) is 3. The summed E-state index contributed by atoms with van der Waals surface area (Å²) >= 11 is 6.21. The van der Waals surface area contributed by atoms with Gasteiger partial charge in [0.1, 0.15) is 0 Å². The molecule has 134 valence electrons. The SMILES string of the molecule is CCCCCCOC(=O)C=C(C)C=CCC(C)CCC(C)(C)Cl. The Labute approximate surface area is 148 Å². The molecule has 0 aromatic carbocycles. The van der Waals surface area contributed by atoms with Crippen LogP contribution in [0.1, 0.15) is 79.6 Å². The van der Waals surface area contributed by atoms with Crippen molar-refractivity contribution in [2.24, 2.45) is 5.92 Å². The predicted molar refractivity (Wildman–Crippen MR) is 101 cm³/mol. The van der Waals surface area contributed by atoms with E-state index in [0.29, 0.717) is 12.5 Å². The van der Waals surface area contributed by atoms with E-state index in [1.807, 2.05) is 13.0 Å². The summed E-state index contributed by atoms with van der Waals surface area (Å²) in [7, 11) is 0. The van der Waals surface area contributed by atoms with Gasteiger partial charge in [0.2, 0.25) is 0 Å². The maximum atomic E-state index is 11.6. The largest absolute Gasteiger partial charge is 0.463 e. The summed E-state index contributed by atoms with van der Waals surface area (Å²) in [6, 6.07) is 0. The first kappa shape index (κ1) is 22.2. The van der Waals surface area contributed by atoms with Crippen molar-refractivity contribution < 1.29 is 9.53 Å². The lowest BCUT2D eigenvalue weighted by molar-refractivity contribution is -0.137. The topological polar surface area (TPSA) is 26.3 Å². The third kappa shape index (κ3) is 15.9. The van der Waals surface area contributed by atoms with Crippen LogP contribution in [0.15, 0.2) is 23.8 Å². The van der Waals surface area contributed by atoms with Crippen LogP contribution in [0.5, 0.6) is 0 Å². The Balaban J connectivity index is 3.96. The molecule has 0 rings (SSSR count). The third-order valence-electron chi connectivity index (χ3n) is 3.74. The van der Waals surface area contributed by atoms with Crippen molar-refractivity contribution in [1.29, 1.82) is 0 Å². The minimum Gasteiger partial charge on any atom is -0.463 e. The van der Waals surface area contributed by atoms with Gasteiger partial charge in [-0.1, -0.05) is 45.3 Å². The summed E-state index contributed by atoms with van der Waals surface area (Å²) in [5.74, 6) is 0.364. The number of esters is 1. The Morgan fingerprint density at radius 1 is 1.26 bits per heavy atom. The fourth-order valence-corrected chi connectivity index (χ4v) is 2.28. The summed E-state index contributed by atoms with van der Waals surface area (Å²) in [6.07, 6.45) is 13.3. The minimum atomic E-state index is -0.236. The first-order valence-electron chi connectivity index (χ1n) is 8.95. The van der Waals surface area contributed by atoms with E-state index in [-0.39, 0.29) is 10.8 Å². The minimum absolute atomic E-state index is 0.116. The molecule has 1 unspecified atom stereocenters. The predicted octanol–water partition coefficient (Wildman–Crippen LogP) is 6.44. The van der Waals surface area contributed by atoms with E-state index in [1.165, 1.54) is 12.8 Å². The number of hydrogen-bond donors (Lipinski definition) is 0. The summed E-state index contributed by atoms with van der Waals surface area (Å²) in [6.45, 7) is 11.0. The van der Waals surface area contributed by atoms with Gasteiger partial charge >= 0.3 is 5.97 Å². The first-order valence-corrected chi connectivity index (χ1v) is 9.33. The fourth-order valence-electron chi connectivity index (χ4n) is 2.17. The lowest BCUT2D eigenvalue weighted by Gasteiger charge is -2.17. The Kier molecular flexibility index (Phi) is 12.2. The van der Waals surface area contributed by atoms with E-state index in [0.717, 1.165) is 37.7 Å². The zero-order chi connectivity index (χ0) is 17.7. The highest BCUT2D eigenvalue weighted by molar-refractivity contribution is 6.23. The zero-order valence-electron chi connectivity index (χ0n) is 15.7. The van der Waals surface area contributed by atoms with Crippen LogP contribution in [0.2, 0.25) is 0 Å². The molecule has 0 aliphatic heterocycles. The van der Waals surface area contributed by atoms with E-state index in [4.69, 9.17) is 16.3 Å². The number of alkyl halides is 1. The molecule has 1 atom stereocenters. The smallest absolute Gasteiger partial charge is 0.331 e. The molecule has 0 radical (unpaired) electrons. The summed E-state index contributed by atoms with van der Waals surface area (Å²) < 4.78 is 5.20. The van der Waals surface area contributed by atoms with Gasteiger partial charge in [-0.3, -0.25) is 0 Å². The van der Waals surface area contributed by atoms with Crippen molar-refractivity contribution in [2.45, 2.75) is 84.4 Å². The van der Waals surface area contributed by atoms with Crippen LogP contribution < -0.4 is 0 Å². The summed E-state index contributed by atoms with van der Waals surface area (Å²) in [5.41, 5.74) is 0.938. The molecule has 0 aromatic heterocycles. The second-order valence-electron chi connectivity index (χ2n) is 7.12. The molecule has 0 heterocycles. The average Bonchev–Trinajstić information content (AvgIpc) is 2.44. The van der Waals surface area contributed by atoms with Crippen molar-refractivity contribution in [3.63, 3.8) is 0 Å². The number of hydrogen-bond acceptors (Lipinski definition) is 2. The van der Waals surface area contributed by atoms with Gasteiger partial charge in [-0.05, 0) is 57.9 Å². The van der Waals surface area contributed by atoms with Crippen molar-refractivity contribution in [2.75, 3.05) is 6.61 Å². The van der Waals surface area contributed by atoms with Crippen LogP contribution in [0, 0.1) is 5.92 Å². The number of carbonyl (C=O) groups excluding carboxylic acids is 1. The molecule has 0 aliphatic rings. The Bertz CT molecular complexity index is 378. The van der Waals surface area contributed by atoms with Crippen LogP contribution in [-0.2, 0) is 9.53 Å². The highest BCUT2D eigenvalue weighted by atomic mass is 35.5. The number of carbonyl (C=O) groups is 1. The molecule has 0 saturated heterocycles. The second kappa shape index (κ2) is 12.6. The number of ether oxygens (including phenoxy) is 1. The van der Waals surface area contributed by atoms with Crippen molar-refractivity contribution in [1.82, 2.24) is 0 Å². The standard InChI is InChI=1S/C20H35ClO2/c1-6-7-8-9-15-23-19(22)16-18(3)12-10-11-17(2)13-14-20(4,5)21/h10,12,16-17H,6-9,11,13-15H2,1-5H3. The molecular weight excluding hydrogens is 308 g/mol. The van der Waals surface area contributed by atoms with Crippen LogP contribution in [0.4, 0.5) is 0 Å². The Hall–Kier alpha value is -0.760. The monoisotopic (exact) mass is 342 g/mol. The molecule has 23 heavy (non-hydrogen) atoms. The quantitative estimate of drug-likeness (QED) is 0.134. The van der Waals surface area contributed by atoms with E-state index in [2.05, 4.69) is 33.8 Å². The van der Waals surface area contributed by atoms with Gasteiger partial charge in [-0.25, -0.2) is 4.79 Å². The summed E-state index contributed by atoms with van der Waals surface area (Å²) in [4.78, 5) is 11.5. The van der Waals surface area contributed by atoms with E-state index >= 15 is 0 Å². The lowest BCUT2D eigenvalue weighted by atomic mass is 9.96. The second-order valence-corrected chi connectivity index (χ2v) is 8.14. The maximum absolute atomic E-state index is 11.6. The van der Waals surface area contributed by atoms with Crippen LogP contribution in [0.3, 0.4) is 0 Å². The molecule has 2 nitrogen and oxygen atoms in total. The zero-order valence-corrected chi connectivity index (χ0v) is 16.4. The van der Waals surface area contributed by atoms with Gasteiger partial charge in [0.15, 0.2) is 0 Å². The van der Waals surface area contributed by atoms with Gasteiger partial charge in [0, 0.05) is 11.0 Å². The third-order valence-corrected chi connectivity index (χ3v) is 3.93. The summed E-state index contributed by atoms with van der Waals surface area (Å²) in [5, 5.41) is 0. The van der Waals surface area contributed by atoms with Gasteiger partial charge in [0.25, 0.3) is 0 Å². The van der Waals surface area contributed by atoms with E-state index in [1.54, 1.807) is 6.08 Å². The Morgan fingerprint density at radius 2 is 1.96 bits per heavy atom. The fraction of sp³-hybridized carbons (Fsp3) is 0.750. The molecule has 0 aromatic rings. The number of rotatable bonds is 12.